The number of rotatable bonds is 6. The van der Waals surface area contributed by atoms with Crippen molar-refractivity contribution in [2.24, 2.45) is 0 Å². The first-order valence-electron chi connectivity index (χ1n) is 8.54. The maximum Gasteiger partial charge on any atom is 0.124 e. The maximum absolute atomic E-state index is 5.89. The fraction of sp³-hybridized carbons (Fsp3) is 0.474. The molecule has 2 aromatic rings. The van der Waals surface area contributed by atoms with Crippen LogP contribution in [0.3, 0.4) is 0 Å². The highest BCUT2D eigenvalue weighted by atomic mass is 16.5. The normalized spacial score (nSPS) is 17.2. The lowest BCUT2D eigenvalue weighted by atomic mass is 10.1. The van der Waals surface area contributed by atoms with Gasteiger partial charge in [0, 0.05) is 42.5 Å². The van der Waals surface area contributed by atoms with Gasteiger partial charge in [0.15, 0.2) is 0 Å². The van der Waals surface area contributed by atoms with Gasteiger partial charge in [0.25, 0.3) is 0 Å². The molecule has 0 bridgehead atoms. The second-order valence-corrected chi connectivity index (χ2v) is 6.26. The van der Waals surface area contributed by atoms with Crippen LogP contribution in [0.1, 0.15) is 49.3 Å². The van der Waals surface area contributed by atoms with Crippen LogP contribution in [0, 0.1) is 6.92 Å². The van der Waals surface area contributed by atoms with Gasteiger partial charge in [-0.15, -0.1) is 0 Å². The van der Waals surface area contributed by atoms with E-state index in [1.54, 1.807) is 12.4 Å². The van der Waals surface area contributed by atoms with E-state index < -0.39 is 0 Å². The van der Waals surface area contributed by atoms with Crippen molar-refractivity contribution in [3.05, 3.63) is 47.0 Å². The van der Waals surface area contributed by atoms with E-state index in [1.807, 2.05) is 13.8 Å². The number of aromatic nitrogens is 2. The number of benzene rings is 1. The molecule has 1 N–H and O–H groups in total. The molecule has 0 saturated carbocycles. The third kappa shape index (κ3) is 3.51. The lowest BCUT2D eigenvalue weighted by Gasteiger charge is -2.17. The first-order chi connectivity index (χ1) is 11.6. The van der Waals surface area contributed by atoms with E-state index in [0.717, 1.165) is 34.9 Å². The van der Waals surface area contributed by atoms with E-state index in [4.69, 9.17) is 9.47 Å². The molecule has 24 heavy (non-hydrogen) atoms. The lowest BCUT2D eigenvalue weighted by molar-refractivity contribution is 0.254. The number of aryl methyl sites for hydroxylation is 1. The molecular weight excluding hydrogens is 302 g/mol. The molecule has 1 aliphatic rings. The quantitative estimate of drug-likeness (QED) is 0.882. The highest BCUT2D eigenvalue weighted by Crippen LogP contribution is 2.35. The Morgan fingerprint density at radius 1 is 1.33 bits per heavy atom. The second-order valence-electron chi connectivity index (χ2n) is 6.26. The molecule has 0 fully saturated rings. The lowest BCUT2D eigenvalue weighted by Crippen LogP contribution is -2.21. The van der Waals surface area contributed by atoms with Crippen LogP contribution < -0.4 is 14.8 Å². The van der Waals surface area contributed by atoms with Crippen molar-refractivity contribution in [2.75, 3.05) is 6.61 Å². The van der Waals surface area contributed by atoms with Gasteiger partial charge in [0.05, 0.1) is 18.0 Å². The summed E-state index contributed by atoms with van der Waals surface area (Å²) >= 11 is 0. The molecule has 1 aromatic carbocycles. The topological polar surface area (TPSA) is 56.3 Å². The summed E-state index contributed by atoms with van der Waals surface area (Å²) in [6, 6.07) is 4.34. The Balaban J connectivity index is 1.77. The van der Waals surface area contributed by atoms with Gasteiger partial charge in [0.1, 0.15) is 17.6 Å². The minimum Gasteiger partial charge on any atom is -0.494 e. The first kappa shape index (κ1) is 16.7. The minimum absolute atomic E-state index is 0.112. The molecule has 5 nitrogen and oxygen atoms in total. The zero-order valence-electron chi connectivity index (χ0n) is 14.8. The Labute approximate surface area is 143 Å². The van der Waals surface area contributed by atoms with Crippen LogP contribution in [0.5, 0.6) is 11.5 Å². The van der Waals surface area contributed by atoms with Crippen molar-refractivity contribution < 1.29 is 9.47 Å². The molecule has 3 rings (SSSR count). The molecule has 0 unspecified atom stereocenters. The van der Waals surface area contributed by atoms with E-state index in [2.05, 4.69) is 41.3 Å². The molecular formula is C19H25N3O2. The fourth-order valence-corrected chi connectivity index (χ4v) is 3.11. The average Bonchev–Trinajstić information content (AvgIpc) is 2.92. The van der Waals surface area contributed by atoms with Crippen LogP contribution >= 0.6 is 0 Å². The smallest absolute Gasteiger partial charge is 0.124 e. The van der Waals surface area contributed by atoms with Gasteiger partial charge in [0.2, 0.25) is 0 Å². The van der Waals surface area contributed by atoms with Crippen LogP contribution in [0.4, 0.5) is 0 Å². The van der Waals surface area contributed by atoms with Crippen LogP contribution in [0.2, 0.25) is 0 Å². The Morgan fingerprint density at radius 3 is 2.88 bits per heavy atom. The second kappa shape index (κ2) is 7.18. The van der Waals surface area contributed by atoms with Gasteiger partial charge in [-0.05, 0) is 39.8 Å². The SMILES string of the molecule is CCOc1cc2c(cc1CN[C@@H](C)c1nccnc1C)O[C@@H](C)C2. The monoisotopic (exact) mass is 327 g/mol. The zero-order chi connectivity index (χ0) is 17.1. The molecule has 0 radical (unpaired) electrons. The van der Waals surface area contributed by atoms with Gasteiger partial charge in [-0.3, -0.25) is 9.97 Å². The molecule has 1 aromatic heterocycles. The summed E-state index contributed by atoms with van der Waals surface area (Å²) in [5, 5.41) is 3.52. The van der Waals surface area contributed by atoms with E-state index in [1.165, 1.54) is 5.56 Å². The molecule has 0 saturated heterocycles. The van der Waals surface area contributed by atoms with Crippen molar-refractivity contribution in [1.82, 2.24) is 15.3 Å². The van der Waals surface area contributed by atoms with Gasteiger partial charge < -0.3 is 14.8 Å². The fourth-order valence-electron chi connectivity index (χ4n) is 3.11. The highest BCUT2D eigenvalue weighted by Gasteiger charge is 2.22. The molecule has 0 spiro atoms. The number of nitrogens with one attached hydrogen (secondary N) is 1. The molecule has 0 amide bonds. The molecule has 2 heterocycles. The molecule has 128 valence electrons. The third-order valence-electron chi connectivity index (χ3n) is 4.31. The summed E-state index contributed by atoms with van der Waals surface area (Å²) in [5.41, 5.74) is 4.26. The van der Waals surface area contributed by atoms with Crippen LogP contribution in [0.25, 0.3) is 0 Å². The van der Waals surface area contributed by atoms with Crippen molar-refractivity contribution in [2.45, 2.75) is 52.8 Å². The number of ether oxygens (including phenoxy) is 2. The van der Waals surface area contributed by atoms with Crippen molar-refractivity contribution in [3.63, 3.8) is 0 Å². The molecule has 0 aliphatic carbocycles. The standard InChI is InChI=1S/C19H25N3O2/c1-5-23-17-9-15-8-12(2)24-18(15)10-16(17)11-22-14(4)19-13(3)20-6-7-21-19/h6-7,9-10,12,14,22H,5,8,11H2,1-4H3/t12-,14-/m0/s1. The summed E-state index contributed by atoms with van der Waals surface area (Å²) in [6.07, 6.45) is 4.63. The predicted octanol–water partition coefficient (Wildman–Crippen LogP) is 3.36. The van der Waals surface area contributed by atoms with Crippen LogP contribution in [0.15, 0.2) is 24.5 Å². The van der Waals surface area contributed by atoms with Crippen LogP contribution in [-0.2, 0) is 13.0 Å². The predicted molar refractivity (Wildman–Crippen MR) is 93.4 cm³/mol. The van der Waals surface area contributed by atoms with Crippen molar-refractivity contribution in [1.29, 1.82) is 0 Å². The number of hydrogen-bond acceptors (Lipinski definition) is 5. The summed E-state index contributed by atoms with van der Waals surface area (Å²) in [5.74, 6) is 1.91. The Kier molecular flexibility index (Phi) is 5.00. The summed E-state index contributed by atoms with van der Waals surface area (Å²) < 4.78 is 11.7. The Bertz CT molecular complexity index is 718. The molecule has 5 heteroatoms. The van der Waals surface area contributed by atoms with E-state index in [9.17, 15) is 0 Å². The summed E-state index contributed by atoms with van der Waals surface area (Å²) in [7, 11) is 0. The largest absolute Gasteiger partial charge is 0.494 e. The highest BCUT2D eigenvalue weighted by molar-refractivity contribution is 5.48. The van der Waals surface area contributed by atoms with Gasteiger partial charge in [-0.1, -0.05) is 0 Å². The summed E-state index contributed by atoms with van der Waals surface area (Å²) in [6.45, 7) is 9.53. The number of hydrogen-bond donors (Lipinski definition) is 1. The average molecular weight is 327 g/mol. The molecule has 1 aliphatic heterocycles. The zero-order valence-corrected chi connectivity index (χ0v) is 14.8. The number of fused-ring (bicyclic) bond motifs is 1. The van der Waals surface area contributed by atoms with Gasteiger partial charge in [-0.2, -0.15) is 0 Å². The maximum atomic E-state index is 5.89. The van der Waals surface area contributed by atoms with Crippen molar-refractivity contribution in [3.8, 4) is 11.5 Å². The van der Waals surface area contributed by atoms with E-state index in [0.29, 0.717) is 13.2 Å². The van der Waals surface area contributed by atoms with E-state index >= 15 is 0 Å². The number of nitrogens with zero attached hydrogens (tertiary/aromatic N) is 2. The molecule has 2 atom stereocenters. The van der Waals surface area contributed by atoms with Gasteiger partial charge in [-0.25, -0.2) is 0 Å². The minimum atomic E-state index is 0.112. The Morgan fingerprint density at radius 2 is 2.12 bits per heavy atom. The third-order valence-corrected chi connectivity index (χ3v) is 4.31. The summed E-state index contributed by atoms with van der Waals surface area (Å²) in [4.78, 5) is 8.75. The first-order valence-corrected chi connectivity index (χ1v) is 8.54. The Hall–Kier alpha value is -2.14. The van der Waals surface area contributed by atoms with Crippen LogP contribution in [-0.4, -0.2) is 22.7 Å². The van der Waals surface area contributed by atoms with E-state index in [-0.39, 0.29) is 12.1 Å². The van der Waals surface area contributed by atoms with Crippen molar-refractivity contribution >= 4 is 0 Å². The van der Waals surface area contributed by atoms with Gasteiger partial charge >= 0.3 is 0 Å².